The molecule has 1 N–H and O–H groups in total. The van der Waals surface area contributed by atoms with Crippen LogP contribution in [0.4, 0.5) is 8.78 Å². The van der Waals surface area contributed by atoms with Crippen molar-refractivity contribution in [2.75, 3.05) is 6.54 Å². The number of alkyl halides is 2. The second-order valence-electron chi connectivity index (χ2n) is 3.83. The molecule has 0 aromatic heterocycles. The van der Waals surface area contributed by atoms with Crippen molar-refractivity contribution in [1.29, 1.82) is 0 Å². The van der Waals surface area contributed by atoms with E-state index in [0.29, 0.717) is 13.0 Å². The van der Waals surface area contributed by atoms with Crippen LogP contribution in [0.5, 0.6) is 11.5 Å². The number of amides is 1. The van der Waals surface area contributed by atoms with Crippen LogP contribution in [-0.2, 0) is 11.2 Å². The van der Waals surface area contributed by atoms with Crippen molar-refractivity contribution < 1.29 is 23.0 Å². The number of carbonyl (C=O) groups excluding carboxylic acids is 1. The number of halogens is 2. The summed E-state index contributed by atoms with van der Waals surface area (Å²) in [6, 6.07) is 4.52. The van der Waals surface area contributed by atoms with Crippen LogP contribution in [0.2, 0.25) is 0 Å². The SMILES string of the molecule is CC#CC(=O)NCCc1ccc2c(c1)OC(F)(F)O2. The molecule has 2 rings (SSSR count). The van der Waals surface area contributed by atoms with Crippen LogP contribution in [-0.4, -0.2) is 18.7 Å². The molecule has 1 aliphatic rings. The molecular weight excluding hydrogens is 256 g/mol. The normalized spacial score (nSPS) is 14.5. The van der Waals surface area contributed by atoms with Gasteiger partial charge in [0.1, 0.15) is 0 Å². The highest BCUT2D eigenvalue weighted by molar-refractivity contribution is 5.93. The first-order valence-corrected chi connectivity index (χ1v) is 5.59. The Morgan fingerprint density at radius 3 is 2.84 bits per heavy atom. The summed E-state index contributed by atoms with van der Waals surface area (Å²) in [5, 5.41) is 2.58. The van der Waals surface area contributed by atoms with Gasteiger partial charge in [-0.2, -0.15) is 0 Å². The molecule has 0 aliphatic carbocycles. The standard InChI is InChI=1S/C13H11F2NO3/c1-2-3-12(17)16-7-6-9-4-5-10-11(8-9)19-13(14,15)18-10/h4-5,8H,6-7H2,1H3,(H,16,17). The molecule has 0 spiro atoms. The van der Waals surface area contributed by atoms with Gasteiger partial charge in [-0.05, 0) is 37.0 Å². The lowest BCUT2D eigenvalue weighted by atomic mass is 10.1. The topological polar surface area (TPSA) is 47.6 Å². The zero-order valence-corrected chi connectivity index (χ0v) is 10.1. The van der Waals surface area contributed by atoms with Gasteiger partial charge in [-0.1, -0.05) is 12.0 Å². The van der Waals surface area contributed by atoms with Crippen molar-refractivity contribution in [2.45, 2.75) is 19.6 Å². The van der Waals surface area contributed by atoms with Crippen LogP contribution < -0.4 is 14.8 Å². The summed E-state index contributed by atoms with van der Waals surface area (Å²) >= 11 is 0. The van der Waals surface area contributed by atoms with Crippen molar-refractivity contribution in [3.05, 3.63) is 23.8 Å². The molecule has 100 valence electrons. The van der Waals surface area contributed by atoms with Gasteiger partial charge in [0.2, 0.25) is 0 Å². The van der Waals surface area contributed by atoms with E-state index in [0.717, 1.165) is 5.56 Å². The molecule has 4 nitrogen and oxygen atoms in total. The summed E-state index contributed by atoms with van der Waals surface area (Å²) in [4.78, 5) is 11.1. The van der Waals surface area contributed by atoms with Crippen LogP contribution in [0.3, 0.4) is 0 Å². The second kappa shape index (κ2) is 5.14. The predicted octanol–water partition coefficient (Wildman–Crippen LogP) is 1.69. The van der Waals surface area contributed by atoms with Crippen molar-refractivity contribution in [1.82, 2.24) is 5.32 Å². The number of rotatable bonds is 3. The number of nitrogens with one attached hydrogen (secondary N) is 1. The Labute approximate surface area is 108 Å². The molecule has 6 heteroatoms. The minimum Gasteiger partial charge on any atom is -0.395 e. The molecule has 0 radical (unpaired) electrons. The smallest absolute Gasteiger partial charge is 0.395 e. The van der Waals surface area contributed by atoms with E-state index in [2.05, 4.69) is 26.6 Å². The Kier molecular flexibility index (Phi) is 3.56. The van der Waals surface area contributed by atoms with Gasteiger partial charge in [-0.25, -0.2) is 0 Å². The van der Waals surface area contributed by atoms with Crippen molar-refractivity contribution in [2.24, 2.45) is 0 Å². The average Bonchev–Trinajstić information content (AvgIpc) is 2.62. The highest BCUT2D eigenvalue weighted by Crippen LogP contribution is 2.41. The number of benzene rings is 1. The summed E-state index contributed by atoms with van der Waals surface area (Å²) in [5.74, 6) is 4.46. The average molecular weight is 267 g/mol. The summed E-state index contributed by atoms with van der Waals surface area (Å²) in [7, 11) is 0. The van der Waals surface area contributed by atoms with E-state index in [1.165, 1.54) is 12.1 Å². The molecule has 1 amide bonds. The summed E-state index contributed by atoms with van der Waals surface area (Å²) in [6.45, 7) is 1.93. The largest absolute Gasteiger partial charge is 0.586 e. The number of hydrogen-bond donors (Lipinski definition) is 1. The zero-order valence-electron chi connectivity index (χ0n) is 10.1. The molecular formula is C13H11F2NO3. The van der Waals surface area contributed by atoms with Gasteiger partial charge in [0.15, 0.2) is 11.5 Å². The van der Waals surface area contributed by atoms with Crippen LogP contribution in [0.15, 0.2) is 18.2 Å². The monoisotopic (exact) mass is 267 g/mol. The summed E-state index contributed by atoms with van der Waals surface area (Å²) in [6.07, 6.45) is -3.12. The molecule has 0 bridgehead atoms. The third-order valence-corrected chi connectivity index (χ3v) is 2.40. The highest BCUT2D eigenvalue weighted by Gasteiger charge is 2.43. The van der Waals surface area contributed by atoms with E-state index < -0.39 is 6.29 Å². The van der Waals surface area contributed by atoms with E-state index >= 15 is 0 Å². The minimum atomic E-state index is -3.61. The van der Waals surface area contributed by atoms with Crippen LogP contribution >= 0.6 is 0 Å². The van der Waals surface area contributed by atoms with E-state index in [4.69, 9.17) is 0 Å². The maximum Gasteiger partial charge on any atom is 0.586 e. The third kappa shape index (κ3) is 3.35. The van der Waals surface area contributed by atoms with E-state index in [-0.39, 0.29) is 17.4 Å². The molecule has 1 aromatic rings. The van der Waals surface area contributed by atoms with Crippen molar-refractivity contribution in [3.8, 4) is 23.3 Å². The minimum absolute atomic E-state index is 0.00202. The molecule has 0 saturated carbocycles. The van der Waals surface area contributed by atoms with Gasteiger partial charge in [-0.15, -0.1) is 8.78 Å². The lowest BCUT2D eigenvalue weighted by Crippen LogP contribution is -2.26. The molecule has 0 saturated heterocycles. The Bertz CT molecular complexity index is 561. The quantitative estimate of drug-likeness (QED) is 0.848. The summed E-state index contributed by atoms with van der Waals surface area (Å²) in [5.41, 5.74) is 0.754. The van der Waals surface area contributed by atoms with Gasteiger partial charge in [0.25, 0.3) is 5.91 Å². The molecule has 1 aromatic carbocycles. The van der Waals surface area contributed by atoms with E-state index in [1.54, 1.807) is 13.0 Å². The first-order chi connectivity index (χ1) is 9.00. The predicted molar refractivity (Wildman–Crippen MR) is 62.8 cm³/mol. The van der Waals surface area contributed by atoms with Crippen molar-refractivity contribution >= 4 is 5.91 Å². The Balaban J connectivity index is 1.93. The van der Waals surface area contributed by atoms with E-state index in [9.17, 15) is 13.6 Å². The number of carbonyl (C=O) groups is 1. The van der Waals surface area contributed by atoms with Gasteiger partial charge < -0.3 is 14.8 Å². The summed E-state index contributed by atoms with van der Waals surface area (Å²) < 4.78 is 34.2. The lowest BCUT2D eigenvalue weighted by molar-refractivity contribution is -0.286. The maximum atomic E-state index is 12.8. The molecule has 1 heterocycles. The molecule has 0 fully saturated rings. The maximum absolute atomic E-state index is 12.8. The first kappa shape index (κ1) is 13.1. The Morgan fingerprint density at radius 2 is 2.11 bits per heavy atom. The fraction of sp³-hybridized carbons (Fsp3) is 0.308. The lowest BCUT2D eigenvalue weighted by Gasteiger charge is -2.04. The van der Waals surface area contributed by atoms with Gasteiger partial charge in [-0.3, -0.25) is 4.79 Å². The van der Waals surface area contributed by atoms with Crippen LogP contribution in [0.25, 0.3) is 0 Å². The fourth-order valence-corrected chi connectivity index (χ4v) is 1.63. The van der Waals surface area contributed by atoms with Crippen LogP contribution in [0, 0.1) is 11.8 Å². The van der Waals surface area contributed by atoms with E-state index in [1.807, 2.05) is 0 Å². The van der Waals surface area contributed by atoms with Crippen molar-refractivity contribution in [3.63, 3.8) is 0 Å². The number of fused-ring (bicyclic) bond motifs is 1. The van der Waals surface area contributed by atoms with Crippen LogP contribution in [0.1, 0.15) is 12.5 Å². The van der Waals surface area contributed by atoms with Gasteiger partial charge in [0, 0.05) is 6.54 Å². The third-order valence-electron chi connectivity index (χ3n) is 2.40. The molecule has 1 aliphatic heterocycles. The zero-order chi connectivity index (χ0) is 13.9. The fourth-order valence-electron chi connectivity index (χ4n) is 1.63. The molecule has 0 atom stereocenters. The molecule has 0 unspecified atom stereocenters. The first-order valence-electron chi connectivity index (χ1n) is 5.59. The second-order valence-corrected chi connectivity index (χ2v) is 3.83. The Morgan fingerprint density at radius 1 is 1.37 bits per heavy atom. The number of ether oxygens (including phenoxy) is 2. The Hall–Kier alpha value is -2.29. The molecule has 19 heavy (non-hydrogen) atoms. The highest BCUT2D eigenvalue weighted by atomic mass is 19.3. The number of hydrogen-bond acceptors (Lipinski definition) is 3. The van der Waals surface area contributed by atoms with Gasteiger partial charge in [0.05, 0.1) is 0 Å². The van der Waals surface area contributed by atoms with Gasteiger partial charge >= 0.3 is 6.29 Å².